The lowest BCUT2D eigenvalue weighted by Crippen LogP contribution is -2.06. The minimum atomic E-state index is 0.561. The molecule has 16 heavy (non-hydrogen) atoms. The van der Waals surface area contributed by atoms with E-state index < -0.39 is 0 Å². The molecule has 1 aromatic heterocycles. The van der Waals surface area contributed by atoms with Crippen molar-refractivity contribution in [3.05, 3.63) is 42.1 Å². The second kappa shape index (κ2) is 4.49. The van der Waals surface area contributed by atoms with Gasteiger partial charge in [-0.15, -0.1) is 0 Å². The normalized spacial score (nSPS) is 9.75. The van der Waals surface area contributed by atoms with Crippen molar-refractivity contribution in [3.63, 3.8) is 0 Å². The van der Waals surface area contributed by atoms with E-state index in [-0.39, 0.29) is 0 Å². The Hall–Kier alpha value is -2.28. The molecule has 1 aromatic carbocycles. The fraction of sp³-hybridized carbons (Fsp3) is 0.167. The molecule has 4 heteroatoms. The van der Waals surface area contributed by atoms with Gasteiger partial charge in [0, 0.05) is 6.54 Å². The van der Waals surface area contributed by atoms with Crippen LogP contribution in [0.1, 0.15) is 12.5 Å². The molecule has 0 amide bonds. The van der Waals surface area contributed by atoms with Crippen LogP contribution in [0.5, 0.6) is 0 Å². The van der Waals surface area contributed by atoms with E-state index in [1.165, 1.54) is 0 Å². The van der Waals surface area contributed by atoms with E-state index in [2.05, 4.69) is 16.5 Å². The first-order valence-electron chi connectivity index (χ1n) is 5.14. The van der Waals surface area contributed by atoms with Gasteiger partial charge in [-0.1, -0.05) is 18.2 Å². The number of hydrogen-bond acceptors (Lipinski definition) is 3. The van der Waals surface area contributed by atoms with E-state index >= 15 is 0 Å². The molecule has 4 nitrogen and oxygen atoms in total. The van der Waals surface area contributed by atoms with Gasteiger partial charge in [-0.25, -0.2) is 4.68 Å². The molecule has 0 aliphatic carbocycles. The Bertz CT molecular complexity index is 508. The summed E-state index contributed by atoms with van der Waals surface area (Å²) in [6, 6.07) is 11.9. The van der Waals surface area contributed by atoms with Crippen LogP contribution in [0, 0.1) is 11.3 Å². The zero-order chi connectivity index (χ0) is 11.4. The molecule has 80 valence electrons. The maximum absolute atomic E-state index is 8.96. The third-order valence-electron chi connectivity index (χ3n) is 2.23. The highest BCUT2D eigenvalue weighted by Crippen LogP contribution is 2.18. The van der Waals surface area contributed by atoms with Gasteiger partial charge in [0.15, 0.2) is 0 Å². The lowest BCUT2D eigenvalue weighted by Gasteiger charge is -2.08. The number of nitrogens with one attached hydrogen (secondary N) is 1. The summed E-state index contributed by atoms with van der Waals surface area (Å²) in [5.74, 6) is 0.746. The largest absolute Gasteiger partial charge is 0.369 e. The number of rotatable bonds is 3. The molecule has 0 unspecified atom stereocenters. The average molecular weight is 212 g/mol. The van der Waals surface area contributed by atoms with E-state index in [1.54, 1.807) is 10.9 Å². The second-order valence-electron chi connectivity index (χ2n) is 3.30. The fourth-order valence-electron chi connectivity index (χ4n) is 1.53. The highest BCUT2D eigenvalue weighted by Gasteiger charge is 2.10. The van der Waals surface area contributed by atoms with Crippen LogP contribution in [0.2, 0.25) is 0 Å². The van der Waals surface area contributed by atoms with Gasteiger partial charge in [-0.05, 0) is 19.1 Å². The molecule has 2 aromatic rings. The summed E-state index contributed by atoms with van der Waals surface area (Å²) in [6.07, 6.45) is 1.57. The van der Waals surface area contributed by atoms with Crippen LogP contribution in [0.25, 0.3) is 5.69 Å². The molecule has 2 rings (SSSR count). The molecular weight excluding hydrogens is 200 g/mol. The Morgan fingerprint density at radius 3 is 2.75 bits per heavy atom. The van der Waals surface area contributed by atoms with Crippen molar-refractivity contribution in [2.24, 2.45) is 0 Å². The van der Waals surface area contributed by atoms with E-state index in [1.807, 2.05) is 37.3 Å². The summed E-state index contributed by atoms with van der Waals surface area (Å²) >= 11 is 0. The molecule has 0 spiro atoms. The molecule has 1 heterocycles. The molecule has 0 fully saturated rings. The first-order chi connectivity index (χ1) is 7.86. The van der Waals surface area contributed by atoms with Gasteiger partial charge in [0.2, 0.25) is 0 Å². The molecule has 0 saturated heterocycles. The van der Waals surface area contributed by atoms with E-state index in [9.17, 15) is 0 Å². The molecule has 0 saturated carbocycles. The number of benzene rings is 1. The number of aromatic nitrogens is 2. The van der Waals surface area contributed by atoms with Crippen molar-refractivity contribution in [2.45, 2.75) is 6.92 Å². The Labute approximate surface area is 94.1 Å². The summed E-state index contributed by atoms with van der Waals surface area (Å²) in [6.45, 7) is 2.75. The van der Waals surface area contributed by atoms with E-state index in [0.29, 0.717) is 5.56 Å². The standard InChI is InChI=1S/C12H12N4/c1-2-14-12-10(8-13)9-15-16(12)11-6-4-3-5-7-11/h3-7,9,14H,2H2,1H3. The maximum Gasteiger partial charge on any atom is 0.147 e. The number of anilines is 1. The Balaban J connectivity index is 2.50. The quantitative estimate of drug-likeness (QED) is 0.848. The van der Waals surface area contributed by atoms with E-state index in [0.717, 1.165) is 18.1 Å². The lowest BCUT2D eigenvalue weighted by atomic mass is 10.3. The molecular formula is C12H12N4. The van der Waals surface area contributed by atoms with Gasteiger partial charge in [0.05, 0.1) is 11.9 Å². The van der Waals surface area contributed by atoms with Crippen molar-refractivity contribution < 1.29 is 0 Å². The highest BCUT2D eigenvalue weighted by atomic mass is 15.3. The molecule has 0 aliphatic heterocycles. The number of hydrogen-bond donors (Lipinski definition) is 1. The minimum Gasteiger partial charge on any atom is -0.369 e. The zero-order valence-electron chi connectivity index (χ0n) is 9.01. The van der Waals surface area contributed by atoms with Crippen LogP contribution < -0.4 is 5.32 Å². The monoisotopic (exact) mass is 212 g/mol. The lowest BCUT2D eigenvalue weighted by molar-refractivity contribution is 0.878. The molecule has 1 N–H and O–H groups in total. The second-order valence-corrected chi connectivity index (χ2v) is 3.30. The number of para-hydroxylation sites is 1. The average Bonchev–Trinajstić information content (AvgIpc) is 2.74. The van der Waals surface area contributed by atoms with Crippen molar-refractivity contribution in [1.29, 1.82) is 5.26 Å². The maximum atomic E-state index is 8.96. The smallest absolute Gasteiger partial charge is 0.147 e. The summed E-state index contributed by atoms with van der Waals surface area (Å²) in [4.78, 5) is 0. The zero-order valence-corrected chi connectivity index (χ0v) is 9.01. The van der Waals surface area contributed by atoms with Crippen molar-refractivity contribution >= 4 is 5.82 Å². The van der Waals surface area contributed by atoms with Gasteiger partial charge in [-0.2, -0.15) is 10.4 Å². The van der Waals surface area contributed by atoms with E-state index in [4.69, 9.17) is 5.26 Å². The van der Waals surface area contributed by atoms with Crippen LogP contribution in [0.3, 0.4) is 0 Å². The topological polar surface area (TPSA) is 53.6 Å². The summed E-state index contributed by atoms with van der Waals surface area (Å²) in [5.41, 5.74) is 1.51. The highest BCUT2D eigenvalue weighted by molar-refractivity contribution is 5.55. The Kier molecular flexibility index (Phi) is 2.88. The molecule has 0 atom stereocenters. The molecule has 0 radical (unpaired) electrons. The summed E-state index contributed by atoms with van der Waals surface area (Å²) < 4.78 is 1.74. The van der Waals surface area contributed by atoms with Crippen LogP contribution in [-0.2, 0) is 0 Å². The van der Waals surface area contributed by atoms with Gasteiger partial charge in [0.25, 0.3) is 0 Å². The van der Waals surface area contributed by atoms with Crippen molar-refractivity contribution in [2.75, 3.05) is 11.9 Å². The van der Waals surface area contributed by atoms with Crippen molar-refractivity contribution in [3.8, 4) is 11.8 Å². The summed E-state index contributed by atoms with van der Waals surface area (Å²) in [7, 11) is 0. The third kappa shape index (κ3) is 1.75. The van der Waals surface area contributed by atoms with Crippen LogP contribution in [0.4, 0.5) is 5.82 Å². The number of nitrogens with zero attached hydrogens (tertiary/aromatic N) is 3. The molecule has 0 bridgehead atoms. The Morgan fingerprint density at radius 1 is 1.38 bits per heavy atom. The van der Waals surface area contributed by atoms with Gasteiger partial charge >= 0.3 is 0 Å². The van der Waals surface area contributed by atoms with Crippen molar-refractivity contribution in [1.82, 2.24) is 9.78 Å². The predicted octanol–water partition coefficient (Wildman–Crippen LogP) is 2.18. The fourth-order valence-corrected chi connectivity index (χ4v) is 1.53. The summed E-state index contributed by atoms with van der Waals surface area (Å²) in [5, 5.41) is 16.3. The van der Waals surface area contributed by atoms with Gasteiger partial charge in [0.1, 0.15) is 17.5 Å². The Morgan fingerprint density at radius 2 is 2.12 bits per heavy atom. The number of nitriles is 1. The predicted molar refractivity (Wildman–Crippen MR) is 62.4 cm³/mol. The SMILES string of the molecule is CCNc1c(C#N)cnn1-c1ccccc1. The first-order valence-corrected chi connectivity index (χ1v) is 5.14. The van der Waals surface area contributed by atoms with Gasteiger partial charge < -0.3 is 5.32 Å². The van der Waals surface area contributed by atoms with Crippen LogP contribution >= 0.6 is 0 Å². The first kappa shape index (κ1) is 10.2. The van der Waals surface area contributed by atoms with Crippen LogP contribution in [0.15, 0.2) is 36.5 Å². The molecule has 0 aliphatic rings. The van der Waals surface area contributed by atoms with Crippen LogP contribution in [-0.4, -0.2) is 16.3 Å². The van der Waals surface area contributed by atoms with Gasteiger partial charge in [-0.3, -0.25) is 0 Å². The third-order valence-corrected chi connectivity index (χ3v) is 2.23. The minimum absolute atomic E-state index is 0.561.